The molecule has 3 heterocycles. The van der Waals surface area contributed by atoms with Crippen LogP contribution in [0.2, 0.25) is 0 Å². The number of fused-ring (bicyclic) bond motifs is 3. The Balaban J connectivity index is 0.00000208. The summed E-state index contributed by atoms with van der Waals surface area (Å²) in [7, 11) is 1.83. The lowest BCUT2D eigenvalue weighted by Gasteiger charge is -2.47. The molecule has 2 unspecified atom stereocenters. The quantitative estimate of drug-likeness (QED) is 0.373. The highest BCUT2D eigenvalue weighted by molar-refractivity contribution is 14.0. The first-order valence-electron chi connectivity index (χ1n) is 8.35. The fourth-order valence-electron chi connectivity index (χ4n) is 3.44. The van der Waals surface area contributed by atoms with Crippen molar-refractivity contribution in [2.24, 2.45) is 4.99 Å². The molecule has 134 valence electrons. The fourth-order valence-corrected chi connectivity index (χ4v) is 4.06. The number of hydrogen-bond acceptors (Lipinski definition) is 3. The normalized spacial score (nSPS) is 27.3. The predicted octanol–water partition coefficient (Wildman–Crippen LogP) is 2.29. The van der Waals surface area contributed by atoms with Crippen molar-refractivity contribution in [3.63, 3.8) is 0 Å². The predicted molar refractivity (Wildman–Crippen MR) is 114 cm³/mol. The molecule has 0 amide bonds. The summed E-state index contributed by atoms with van der Waals surface area (Å²) in [6.07, 6.45) is 0. The van der Waals surface area contributed by atoms with Crippen LogP contribution in [0.5, 0.6) is 0 Å². The van der Waals surface area contributed by atoms with Gasteiger partial charge in [0, 0.05) is 56.8 Å². The lowest BCUT2D eigenvalue weighted by Crippen LogP contribution is -2.63. The van der Waals surface area contributed by atoms with E-state index in [1.165, 1.54) is 38.3 Å². The van der Waals surface area contributed by atoms with E-state index in [1.54, 1.807) is 0 Å². The Morgan fingerprint density at radius 3 is 2.58 bits per heavy atom. The van der Waals surface area contributed by atoms with Gasteiger partial charge in [0.05, 0.1) is 6.04 Å². The second-order valence-electron chi connectivity index (χ2n) is 6.33. The number of nitrogens with one attached hydrogen (secondary N) is 2. The Morgan fingerprint density at radius 2 is 2.00 bits per heavy atom. The molecular formula is C17H27BrIN5. The summed E-state index contributed by atoms with van der Waals surface area (Å²) in [5.41, 5.74) is 1.24. The summed E-state index contributed by atoms with van der Waals surface area (Å²) < 4.78 is 1.12. The topological polar surface area (TPSA) is 42.9 Å². The van der Waals surface area contributed by atoms with Crippen LogP contribution in [-0.2, 0) is 0 Å². The second kappa shape index (κ2) is 9.35. The number of benzene rings is 1. The van der Waals surface area contributed by atoms with Crippen LogP contribution in [0.3, 0.4) is 0 Å². The third kappa shape index (κ3) is 4.83. The Morgan fingerprint density at radius 1 is 1.29 bits per heavy atom. The SMILES string of the molecule is CN=C(NCC1CN2CCN1CC2)NC(C)c1ccccc1Br.I. The number of piperazine rings is 3. The molecule has 7 heteroatoms. The maximum absolute atomic E-state index is 4.38. The summed E-state index contributed by atoms with van der Waals surface area (Å²) in [5, 5.41) is 6.98. The molecule has 0 spiro atoms. The maximum Gasteiger partial charge on any atom is 0.191 e. The second-order valence-corrected chi connectivity index (χ2v) is 7.19. The Bertz CT molecular complexity index is 560. The van der Waals surface area contributed by atoms with Crippen molar-refractivity contribution in [1.29, 1.82) is 0 Å². The van der Waals surface area contributed by atoms with Crippen LogP contribution in [-0.4, -0.2) is 68.1 Å². The molecule has 2 N–H and O–H groups in total. The Kier molecular flexibility index (Phi) is 7.77. The summed E-state index contributed by atoms with van der Waals surface area (Å²) in [5.74, 6) is 0.867. The Labute approximate surface area is 170 Å². The first-order chi connectivity index (χ1) is 11.2. The van der Waals surface area contributed by atoms with E-state index < -0.39 is 0 Å². The van der Waals surface area contributed by atoms with Gasteiger partial charge in [0.15, 0.2) is 5.96 Å². The molecule has 3 aliphatic heterocycles. The van der Waals surface area contributed by atoms with Gasteiger partial charge in [0.25, 0.3) is 0 Å². The number of nitrogens with zero attached hydrogens (tertiary/aromatic N) is 3. The number of rotatable bonds is 4. The molecule has 3 fully saturated rings. The van der Waals surface area contributed by atoms with Crippen LogP contribution in [0.25, 0.3) is 0 Å². The third-order valence-electron chi connectivity index (χ3n) is 4.85. The van der Waals surface area contributed by atoms with Gasteiger partial charge in [-0.3, -0.25) is 14.8 Å². The Hall–Kier alpha value is -0.380. The maximum atomic E-state index is 4.38. The van der Waals surface area contributed by atoms with E-state index >= 15 is 0 Å². The molecule has 0 saturated carbocycles. The van der Waals surface area contributed by atoms with Crippen molar-refractivity contribution in [2.75, 3.05) is 46.3 Å². The van der Waals surface area contributed by atoms with Gasteiger partial charge in [0.2, 0.25) is 0 Å². The average Bonchev–Trinajstić information content (AvgIpc) is 2.59. The fraction of sp³-hybridized carbons (Fsp3) is 0.588. The monoisotopic (exact) mass is 507 g/mol. The van der Waals surface area contributed by atoms with Gasteiger partial charge in [-0.1, -0.05) is 34.1 Å². The van der Waals surface area contributed by atoms with Crippen molar-refractivity contribution < 1.29 is 0 Å². The molecule has 3 saturated heterocycles. The van der Waals surface area contributed by atoms with Gasteiger partial charge >= 0.3 is 0 Å². The summed E-state index contributed by atoms with van der Waals surface area (Å²) in [4.78, 5) is 9.53. The zero-order valence-corrected chi connectivity index (χ0v) is 18.3. The third-order valence-corrected chi connectivity index (χ3v) is 5.57. The van der Waals surface area contributed by atoms with Crippen molar-refractivity contribution in [2.45, 2.75) is 19.0 Å². The van der Waals surface area contributed by atoms with E-state index in [4.69, 9.17) is 0 Å². The average molecular weight is 508 g/mol. The first kappa shape index (κ1) is 19.9. The lowest BCUT2D eigenvalue weighted by molar-refractivity contribution is 0.0154. The van der Waals surface area contributed by atoms with Crippen molar-refractivity contribution in [3.05, 3.63) is 34.3 Å². The molecule has 3 aliphatic rings. The molecule has 0 radical (unpaired) electrons. The van der Waals surface area contributed by atoms with E-state index in [0.29, 0.717) is 6.04 Å². The molecule has 2 atom stereocenters. The summed E-state index contributed by atoms with van der Waals surface area (Å²) in [6, 6.07) is 9.10. The minimum atomic E-state index is 0. The van der Waals surface area contributed by atoms with E-state index in [-0.39, 0.29) is 30.0 Å². The molecule has 2 bridgehead atoms. The minimum absolute atomic E-state index is 0. The van der Waals surface area contributed by atoms with Crippen LogP contribution in [0.15, 0.2) is 33.7 Å². The first-order valence-corrected chi connectivity index (χ1v) is 9.14. The smallest absolute Gasteiger partial charge is 0.191 e. The summed E-state index contributed by atoms with van der Waals surface area (Å²) in [6.45, 7) is 9.12. The van der Waals surface area contributed by atoms with Crippen molar-refractivity contribution >= 4 is 45.9 Å². The van der Waals surface area contributed by atoms with Crippen LogP contribution in [0.4, 0.5) is 0 Å². The largest absolute Gasteiger partial charge is 0.355 e. The standard InChI is InChI=1S/C17H26BrN5.HI/c1-13(15-5-3-4-6-16(15)18)21-17(19-2)20-11-14-12-22-7-9-23(14)10-8-22;/h3-6,13-14H,7-12H2,1-2H3,(H2,19,20,21);1H. The van der Waals surface area contributed by atoms with Gasteiger partial charge in [-0.2, -0.15) is 0 Å². The van der Waals surface area contributed by atoms with Crippen LogP contribution in [0, 0.1) is 0 Å². The van der Waals surface area contributed by atoms with E-state index in [9.17, 15) is 0 Å². The highest BCUT2D eigenvalue weighted by Crippen LogP contribution is 2.22. The van der Waals surface area contributed by atoms with Crippen molar-refractivity contribution in [3.8, 4) is 0 Å². The van der Waals surface area contributed by atoms with Crippen LogP contribution < -0.4 is 10.6 Å². The molecule has 5 nitrogen and oxygen atoms in total. The van der Waals surface area contributed by atoms with Gasteiger partial charge in [0.1, 0.15) is 0 Å². The number of guanidine groups is 1. The van der Waals surface area contributed by atoms with E-state index in [2.05, 4.69) is 66.5 Å². The summed E-state index contributed by atoms with van der Waals surface area (Å²) >= 11 is 3.62. The molecule has 0 aromatic heterocycles. The molecular weight excluding hydrogens is 481 g/mol. The number of hydrogen-bond donors (Lipinski definition) is 2. The van der Waals surface area contributed by atoms with E-state index in [1.807, 2.05) is 13.1 Å². The number of aliphatic imine (C=N–C) groups is 1. The van der Waals surface area contributed by atoms with Gasteiger partial charge in [-0.15, -0.1) is 24.0 Å². The number of halogens is 2. The van der Waals surface area contributed by atoms with Crippen molar-refractivity contribution in [1.82, 2.24) is 20.4 Å². The van der Waals surface area contributed by atoms with E-state index in [0.717, 1.165) is 17.0 Å². The molecule has 1 aromatic rings. The molecule has 1 aromatic carbocycles. The molecule has 4 rings (SSSR count). The van der Waals surface area contributed by atoms with Crippen LogP contribution >= 0.6 is 39.9 Å². The van der Waals surface area contributed by atoms with Gasteiger partial charge in [-0.25, -0.2) is 0 Å². The van der Waals surface area contributed by atoms with Gasteiger partial charge in [-0.05, 0) is 18.6 Å². The lowest BCUT2D eigenvalue weighted by atomic mass is 10.1. The minimum Gasteiger partial charge on any atom is -0.355 e. The zero-order chi connectivity index (χ0) is 16.2. The molecule has 0 aliphatic carbocycles. The van der Waals surface area contributed by atoms with Crippen LogP contribution in [0.1, 0.15) is 18.5 Å². The highest BCUT2D eigenvalue weighted by Gasteiger charge is 2.31. The zero-order valence-electron chi connectivity index (χ0n) is 14.3. The van der Waals surface area contributed by atoms with Gasteiger partial charge < -0.3 is 10.6 Å². The molecule has 24 heavy (non-hydrogen) atoms. The highest BCUT2D eigenvalue weighted by atomic mass is 127.